The number of amides is 2. The van der Waals surface area contributed by atoms with Crippen LogP contribution in [-0.2, 0) is 9.59 Å². The van der Waals surface area contributed by atoms with Crippen LogP contribution in [0.1, 0.15) is 32.6 Å². The van der Waals surface area contributed by atoms with Gasteiger partial charge in [0.05, 0.1) is 5.69 Å². The summed E-state index contributed by atoms with van der Waals surface area (Å²) in [4.78, 5) is 23.9. The van der Waals surface area contributed by atoms with Crippen molar-refractivity contribution in [1.82, 2.24) is 5.32 Å². The molecule has 0 aromatic heterocycles. The fourth-order valence-electron chi connectivity index (χ4n) is 4.06. The molecule has 4 atom stereocenters. The maximum absolute atomic E-state index is 13.5. The maximum atomic E-state index is 13.5. The van der Waals surface area contributed by atoms with Crippen molar-refractivity contribution >= 4 is 17.5 Å². The fourth-order valence-corrected chi connectivity index (χ4v) is 4.06. The second-order valence-electron chi connectivity index (χ2n) is 6.68. The van der Waals surface area contributed by atoms with Crippen LogP contribution in [0.25, 0.3) is 0 Å². The van der Waals surface area contributed by atoms with Crippen molar-refractivity contribution in [3.63, 3.8) is 0 Å². The highest BCUT2D eigenvalue weighted by atomic mass is 19.1. The van der Waals surface area contributed by atoms with Crippen LogP contribution in [0.5, 0.6) is 0 Å². The Hall–Kier alpha value is -1.98. The second-order valence-corrected chi connectivity index (χ2v) is 6.68. The summed E-state index contributed by atoms with van der Waals surface area (Å²) in [5.74, 6) is -1.49. The van der Waals surface area contributed by atoms with Crippen molar-refractivity contribution in [2.75, 3.05) is 5.32 Å². The number of halogens is 2. The van der Waals surface area contributed by atoms with E-state index in [4.69, 9.17) is 0 Å². The lowest BCUT2D eigenvalue weighted by atomic mass is 9.84. The van der Waals surface area contributed by atoms with Gasteiger partial charge in [-0.15, -0.1) is 0 Å². The molecule has 2 saturated carbocycles. The number of hydrogen-bond donors (Lipinski definition) is 2. The normalized spacial score (nSPS) is 26.8. The van der Waals surface area contributed by atoms with Crippen molar-refractivity contribution in [3.8, 4) is 0 Å². The lowest BCUT2D eigenvalue weighted by Gasteiger charge is -2.28. The van der Waals surface area contributed by atoms with E-state index in [1.807, 2.05) is 6.92 Å². The van der Waals surface area contributed by atoms with Gasteiger partial charge >= 0.3 is 11.8 Å². The lowest BCUT2D eigenvalue weighted by molar-refractivity contribution is -0.136. The number of anilines is 1. The van der Waals surface area contributed by atoms with Crippen LogP contribution in [-0.4, -0.2) is 17.9 Å². The number of hydrogen-bond acceptors (Lipinski definition) is 2. The molecule has 2 amide bonds. The van der Waals surface area contributed by atoms with Gasteiger partial charge in [-0.3, -0.25) is 9.59 Å². The van der Waals surface area contributed by atoms with E-state index >= 15 is 0 Å². The standard InChI is InChI=1S/C17H20F2N2O2/c1-9(13-7-10-2-3-11(13)6-10)20-16(22)17(23)21-15-8-12(18)4-5-14(15)19/h4-5,8-11,13H,2-3,6-7H2,1H3,(H,20,22)(H,21,23). The van der Waals surface area contributed by atoms with Gasteiger partial charge in [0.1, 0.15) is 11.6 Å². The van der Waals surface area contributed by atoms with E-state index in [1.165, 1.54) is 19.3 Å². The average molecular weight is 322 g/mol. The van der Waals surface area contributed by atoms with Crippen LogP contribution in [0, 0.1) is 29.4 Å². The van der Waals surface area contributed by atoms with Crippen LogP contribution >= 0.6 is 0 Å². The van der Waals surface area contributed by atoms with Gasteiger partial charge in [-0.05, 0) is 56.1 Å². The Bertz CT molecular complexity index is 635. The molecule has 0 aliphatic heterocycles. The molecule has 2 aliphatic carbocycles. The highest BCUT2D eigenvalue weighted by Crippen LogP contribution is 2.49. The number of carbonyl (C=O) groups excluding carboxylic acids is 2. The molecule has 6 heteroatoms. The SMILES string of the molecule is CC(NC(=O)C(=O)Nc1cc(F)ccc1F)C1CC2CCC1C2. The van der Waals surface area contributed by atoms with Crippen molar-refractivity contribution in [2.45, 2.75) is 38.6 Å². The van der Waals surface area contributed by atoms with Crippen LogP contribution in [0.4, 0.5) is 14.5 Å². The second kappa shape index (κ2) is 6.26. The summed E-state index contributed by atoms with van der Waals surface area (Å²) in [5.41, 5.74) is -0.335. The molecule has 1 aromatic carbocycles. The molecule has 1 aromatic rings. The monoisotopic (exact) mass is 322 g/mol. The van der Waals surface area contributed by atoms with Gasteiger partial charge in [0.15, 0.2) is 0 Å². The first-order chi connectivity index (χ1) is 10.9. The Morgan fingerprint density at radius 1 is 1.17 bits per heavy atom. The van der Waals surface area contributed by atoms with Crippen LogP contribution in [0.3, 0.4) is 0 Å². The van der Waals surface area contributed by atoms with Crippen LogP contribution in [0.2, 0.25) is 0 Å². The fraction of sp³-hybridized carbons (Fsp3) is 0.529. The summed E-state index contributed by atoms with van der Waals surface area (Å²) in [7, 11) is 0. The highest BCUT2D eigenvalue weighted by Gasteiger charge is 2.42. The Balaban J connectivity index is 1.57. The molecule has 124 valence electrons. The first kappa shape index (κ1) is 15.9. The summed E-state index contributed by atoms with van der Waals surface area (Å²) in [6.07, 6.45) is 4.76. The van der Waals surface area contributed by atoms with E-state index in [-0.39, 0.29) is 11.7 Å². The van der Waals surface area contributed by atoms with Gasteiger partial charge in [0.25, 0.3) is 0 Å². The van der Waals surface area contributed by atoms with E-state index in [9.17, 15) is 18.4 Å². The Kier molecular flexibility index (Phi) is 4.33. The summed E-state index contributed by atoms with van der Waals surface area (Å²) in [6.45, 7) is 1.90. The first-order valence-corrected chi connectivity index (χ1v) is 8.01. The van der Waals surface area contributed by atoms with E-state index < -0.39 is 23.4 Å². The molecule has 23 heavy (non-hydrogen) atoms. The zero-order valence-electron chi connectivity index (χ0n) is 12.9. The molecule has 0 saturated heterocycles. The van der Waals surface area contributed by atoms with Gasteiger partial charge in [-0.2, -0.15) is 0 Å². The number of nitrogens with one attached hydrogen (secondary N) is 2. The molecular weight excluding hydrogens is 302 g/mol. The predicted molar refractivity (Wildman–Crippen MR) is 81.5 cm³/mol. The molecule has 2 N–H and O–H groups in total. The van der Waals surface area contributed by atoms with Crippen LogP contribution in [0.15, 0.2) is 18.2 Å². The van der Waals surface area contributed by atoms with Gasteiger partial charge in [-0.25, -0.2) is 8.78 Å². The summed E-state index contributed by atoms with van der Waals surface area (Å²) < 4.78 is 26.6. The zero-order valence-corrected chi connectivity index (χ0v) is 12.9. The Morgan fingerprint density at radius 2 is 1.96 bits per heavy atom. The molecule has 4 unspecified atom stereocenters. The third-order valence-corrected chi connectivity index (χ3v) is 5.18. The van der Waals surface area contributed by atoms with Gasteiger partial charge in [-0.1, -0.05) is 6.42 Å². The molecule has 2 aliphatic rings. The van der Waals surface area contributed by atoms with Gasteiger partial charge in [0, 0.05) is 12.1 Å². The smallest absolute Gasteiger partial charge is 0.313 e. The van der Waals surface area contributed by atoms with Crippen molar-refractivity contribution in [2.24, 2.45) is 17.8 Å². The quantitative estimate of drug-likeness (QED) is 0.841. The molecule has 4 nitrogen and oxygen atoms in total. The van der Waals surface area contributed by atoms with Gasteiger partial charge in [0.2, 0.25) is 0 Å². The molecule has 0 radical (unpaired) electrons. The topological polar surface area (TPSA) is 58.2 Å². The lowest BCUT2D eigenvalue weighted by Crippen LogP contribution is -2.45. The molecular formula is C17H20F2N2O2. The van der Waals surface area contributed by atoms with E-state index in [1.54, 1.807) is 0 Å². The van der Waals surface area contributed by atoms with E-state index in [0.717, 1.165) is 30.5 Å². The third kappa shape index (κ3) is 3.35. The third-order valence-electron chi connectivity index (χ3n) is 5.18. The largest absolute Gasteiger partial charge is 0.345 e. The van der Waals surface area contributed by atoms with Crippen molar-refractivity contribution in [1.29, 1.82) is 0 Å². The molecule has 0 spiro atoms. The molecule has 3 rings (SSSR count). The Morgan fingerprint density at radius 3 is 2.61 bits per heavy atom. The minimum absolute atomic E-state index is 0.0964. The first-order valence-electron chi connectivity index (χ1n) is 8.01. The Labute approximate surface area is 133 Å². The highest BCUT2D eigenvalue weighted by molar-refractivity contribution is 6.39. The molecule has 2 bridgehead atoms. The number of rotatable bonds is 3. The number of benzene rings is 1. The van der Waals surface area contributed by atoms with Crippen molar-refractivity contribution < 1.29 is 18.4 Å². The minimum atomic E-state index is -0.982. The van der Waals surface area contributed by atoms with Gasteiger partial charge < -0.3 is 10.6 Å². The summed E-state index contributed by atoms with van der Waals surface area (Å²) >= 11 is 0. The minimum Gasteiger partial charge on any atom is -0.345 e. The van der Waals surface area contributed by atoms with Crippen molar-refractivity contribution in [3.05, 3.63) is 29.8 Å². The molecule has 0 heterocycles. The predicted octanol–water partition coefficient (Wildman–Crippen LogP) is 2.84. The maximum Gasteiger partial charge on any atom is 0.313 e. The zero-order chi connectivity index (χ0) is 16.6. The summed E-state index contributed by atoms with van der Waals surface area (Å²) in [6, 6.07) is 2.60. The molecule has 2 fully saturated rings. The van der Waals surface area contributed by atoms with E-state index in [2.05, 4.69) is 10.6 Å². The average Bonchev–Trinajstić information content (AvgIpc) is 3.13. The number of carbonyl (C=O) groups is 2. The van der Waals surface area contributed by atoms with Crippen LogP contribution < -0.4 is 10.6 Å². The number of fused-ring (bicyclic) bond motifs is 2. The van der Waals surface area contributed by atoms with E-state index in [0.29, 0.717) is 11.8 Å². The summed E-state index contributed by atoms with van der Waals surface area (Å²) in [5, 5.41) is 4.81.